The van der Waals surface area contributed by atoms with Gasteiger partial charge in [-0.25, -0.2) is 0 Å². The summed E-state index contributed by atoms with van der Waals surface area (Å²) in [4.78, 5) is 12.1. The molecule has 1 aromatic rings. The van der Waals surface area contributed by atoms with Crippen molar-refractivity contribution >= 4 is 5.78 Å². The normalized spacial score (nSPS) is 14.1. The van der Waals surface area contributed by atoms with Gasteiger partial charge in [-0.1, -0.05) is 13.8 Å². The van der Waals surface area contributed by atoms with E-state index in [0.717, 1.165) is 53.9 Å². The van der Waals surface area contributed by atoms with E-state index in [4.69, 9.17) is 9.47 Å². The van der Waals surface area contributed by atoms with Crippen molar-refractivity contribution < 1.29 is 14.3 Å². The summed E-state index contributed by atoms with van der Waals surface area (Å²) in [6, 6.07) is 1.92. The summed E-state index contributed by atoms with van der Waals surface area (Å²) in [7, 11) is 0. The average molecular weight is 276 g/mol. The second-order valence-corrected chi connectivity index (χ2v) is 5.33. The maximum atomic E-state index is 12.1. The minimum Gasteiger partial charge on any atom is -0.493 e. The summed E-state index contributed by atoms with van der Waals surface area (Å²) in [6.07, 6.45) is 4.40. The van der Waals surface area contributed by atoms with Crippen LogP contribution in [-0.2, 0) is 6.42 Å². The van der Waals surface area contributed by atoms with Gasteiger partial charge in [0.15, 0.2) is 5.78 Å². The molecule has 1 aromatic carbocycles. The van der Waals surface area contributed by atoms with E-state index in [-0.39, 0.29) is 5.78 Å². The molecule has 0 radical (unpaired) electrons. The molecule has 0 aliphatic heterocycles. The first-order valence-corrected chi connectivity index (χ1v) is 7.64. The summed E-state index contributed by atoms with van der Waals surface area (Å²) in [5, 5.41) is 0. The van der Waals surface area contributed by atoms with Crippen molar-refractivity contribution in [3.63, 3.8) is 0 Å². The van der Waals surface area contributed by atoms with Crippen LogP contribution in [0, 0.1) is 6.92 Å². The molecular weight excluding hydrogens is 252 g/mol. The highest BCUT2D eigenvalue weighted by Gasteiger charge is 2.24. The average Bonchev–Trinajstić information content (AvgIpc) is 2.45. The van der Waals surface area contributed by atoms with E-state index in [1.54, 1.807) is 0 Å². The Bertz CT molecular complexity index is 491. The fourth-order valence-electron chi connectivity index (χ4n) is 2.61. The number of hydrogen-bond acceptors (Lipinski definition) is 3. The van der Waals surface area contributed by atoms with E-state index >= 15 is 0 Å². The van der Waals surface area contributed by atoms with Gasteiger partial charge in [0.1, 0.15) is 11.5 Å². The molecule has 0 fully saturated rings. The number of ether oxygens (including phenoxy) is 2. The van der Waals surface area contributed by atoms with Crippen LogP contribution < -0.4 is 9.47 Å². The van der Waals surface area contributed by atoms with Crippen molar-refractivity contribution in [3.8, 4) is 11.5 Å². The molecule has 0 amide bonds. The molecule has 0 saturated heterocycles. The predicted molar refractivity (Wildman–Crippen MR) is 80.0 cm³/mol. The molecule has 0 spiro atoms. The lowest BCUT2D eigenvalue weighted by atomic mass is 9.88. The molecule has 2 rings (SSSR count). The number of benzene rings is 1. The largest absolute Gasteiger partial charge is 0.493 e. The first-order valence-electron chi connectivity index (χ1n) is 7.64. The maximum Gasteiger partial charge on any atom is 0.163 e. The molecule has 0 aromatic heterocycles. The minimum absolute atomic E-state index is 0.217. The van der Waals surface area contributed by atoms with E-state index in [1.807, 2.05) is 13.0 Å². The van der Waals surface area contributed by atoms with Crippen LogP contribution in [0.2, 0.25) is 0 Å². The molecule has 110 valence electrons. The summed E-state index contributed by atoms with van der Waals surface area (Å²) in [5.41, 5.74) is 2.91. The molecule has 0 heterocycles. The van der Waals surface area contributed by atoms with Crippen molar-refractivity contribution in [3.05, 3.63) is 22.8 Å². The molecule has 3 heteroatoms. The van der Waals surface area contributed by atoms with Crippen LogP contribution in [0.4, 0.5) is 0 Å². The Balaban J connectivity index is 2.45. The van der Waals surface area contributed by atoms with Crippen LogP contribution in [-0.4, -0.2) is 19.0 Å². The van der Waals surface area contributed by atoms with E-state index in [1.165, 1.54) is 0 Å². The summed E-state index contributed by atoms with van der Waals surface area (Å²) in [5.74, 6) is 1.89. The third-order valence-electron chi connectivity index (χ3n) is 3.63. The van der Waals surface area contributed by atoms with Crippen LogP contribution in [0.25, 0.3) is 0 Å². The SMILES string of the molecule is CCCOc1cc2c(c(OCCC)c1C)CCCC2=O. The molecule has 1 aliphatic rings. The van der Waals surface area contributed by atoms with Gasteiger partial charge >= 0.3 is 0 Å². The number of ketones is 1. The van der Waals surface area contributed by atoms with Crippen molar-refractivity contribution in [1.29, 1.82) is 0 Å². The number of fused-ring (bicyclic) bond motifs is 1. The summed E-state index contributed by atoms with van der Waals surface area (Å²) in [6.45, 7) is 7.53. The minimum atomic E-state index is 0.217. The molecule has 0 bridgehead atoms. The molecule has 0 N–H and O–H groups in total. The lowest BCUT2D eigenvalue weighted by Gasteiger charge is -2.23. The monoisotopic (exact) mass is 276 g/mol. The van der Waals surface area contributed by atoms with Gasteiger partial charge in [0.25, 0.3) is 0 Å². The van der Waals surface area contributed by atoms with Gasteiger partial charge < -0.3 is 9.47 Å². The van der Waals surface area contributed by atoms with Gasteiger partial charge in [0.05, 0.1) is 13.2 Å². The zero-order valence-electron chi connectivity index (χ0n) is 12.8. The molecular formula is C17H24O3. The first kappa shape index (κ1) is 14.9. The summed E-state index contributed by atoms with van der Waals surface area (Å²) >= 11 is 0. The molecule has 0 unspecified atom stereocenters. The fourth-order valence-corrected chi connectivity index (χ4v) is 2.61. The highest BCUT2D eigenvalue weighted by Crippen LogP contribution is 2.38. The van der Waals surface area contributed by atoms with Crippen LogP contribution in [0.15, 0.2) is 6.07 Å². The smallest absolute Gasteiger partial charge is 0.163 e. The Morgan fingerprint density at radius 3 is 2.50 bits per heavy atom. The van der Waals surface area contributed by atoms with E-state index in [2.05, 4.69) is 13.8 Å². The number of carbonyl (C=O) groups is 1. The van der Waals surface area contributed by atoms with Crippen LogP contribution in [0.5, 0.6) is 11.5 Å². The Kier molecular flexibility index (Phi) is 5.05. The van der Waals surface area contributed by atoms with Gasteiger partial charge in [0.2, 0.25) is 0 Å². The van der Waals surface area contributed by atoms with Gasteiger partial charge in [-0.05, 0) is 38.7 Å². The molecule has 3 nitrogen and oxygen atoms in total. The van der Waals surface area contributed by atoms with Crippen molar-refractivity contribution in [1.82, 2.24) is 0 Å². The number of hydrogen-bond donors (Lipinski definition) is 0. The Hall–Kier alpha value is -1.51. The Labute approximate surface area is 121 Å². The quantitative estimate of drug-likeness (QED) is 0.785. The van der Waals surface area contributed by atoms with Crippen molar-refractivity contribution in [2.75, 3.05) is 13.2 Å². The second-order valence-electron chi connectivity index (χ2n) is 5.33. The third-order valence-corrected chi connectivity index (χ3v) is 3.63. The molecule has 1 aliphatic carbocycles. The molecule has 20 heavy (non-hydrogen) atoms. The second kappa shape index (κ2) is 6.78. The number of carbonyl (C=O) groups excluding carboxylic acids is 1. The lowest BCUT2D eigenvalue weighted by molar-refractivity contribution is 0.0970. The Morgan fingerprint density at radius 2 is 1.80 bits per heavy atom. The van der Waals surface area contributed by atoms with Crippen LogP contribution >= 0.6 is 0 Å². The third kappa shape index (κ3) is 2.97. The molecule has 0 saturated carbocycles. The molecule has 0 atom stereocenters. The highest BCUT2D eigenvalue weighted by atomic mass is 16.5. The summed E-state index contributed by atoms with van der Waals surface area (Å²) < 4.78 is 11.7. The number of Topliss-reactive ketones (excluding diaryl/α,β-unsaturated/α-hetero) is 1. The van der Waals surface area contributed by atoms with E-state index < -0.39 is 0 Å². The van der Waals surface area contributed by atoms with Crippen LogP contribution in [0.3, 0.4) is 0 Å². The standard InChI is InChI=1S/C17H24O3/c1-4-9-19-16-11-14-13(7-6-8-15(14)18)17(12(16)3)20-10-5-2/h11H,4-10H2,1-3H3. The van der Waals surface area contributed by atoms with Crippen molar-refractivity contribution in [2.24, 2.45) is 0 Å². The highest BCUT2D eigenvalue weighted by molar-refractivity contribution is 5.99. The topological polar surface area (TPSA) is 35.5 Å². The van der Waals surface area contributed by atoms with Gasteiger partial charge in [-0.2, -0.15) is 0 Å². The maximum absolute atomic E-state index is 12.1. The number of rotatable bonds is 6. The lowest BCUT2D eigenvalue weighted by Crippen LogP contribution is -2.15. The van der Waals surface area contributed by atoms with E-state index in [0.29, 0.717) is 19.6 Å². The zero-order chi connectivity index (χ0) is 14.5. The zero-order valence-corrected chi connectivity index (χ0v) is 12.8. The van der Waals surface area contributed by atoms with Gasteiger partial charge in [-0.3, -0.25) is 4.79 Å². The van der Waals surface area contributed by atoms with Gasteiger partial charge in [0, 0.05) is 23.1 Å². The Morgan fingerprint density at radius 1 is 1.10 bits per heavy atom. The van der Waals surface area contributed by atoms with Crippen molar-refractivity contribution in [2.45, 2.75) is 52.9 Å². The fraction of sp³-hybridized carbons (Fsp3) is 0.588. The predicted octanol–water partition coefficient (Wildman–Crippen LogP) is 4.09. The van der Waals surface area contributed by atoms with E-state index in [9.17, 15) is 4.79 Å². The van der Waals surface area contributed by atoms with Crippen LogP contribution in [0.1, 0.15) is 61.0 Å². The van der Waals surface area contributed by atoms with Gasteiger partial charge in [-0.15, -0.1) is 0 Å². The first-order chi connectivity index (χ1) is 9.69.